The van der Waals surface area contributed by atoms with Crippen molar-refractivity contribution in [3.05, 3.63) is 23.8 Å². The first-order valence-corrected chi connectivity index (χ1v) is 4.23. The van der Waals surface area contributed by atoms with Crippen LogP contribution in [0.15, 0.2) is 28.9 Å². The lowest BCUT2D eigenvalue weighted by atomic mass is 9.87. The smallest absolute Gasteiger partial charge is 0.173 e. The van der Waals surface area contributed by atoms with E-state index in [1.807, 2.05) is 18.2 Å². The lowest BCUT2D eigenvalue weighted by Crippen LogP contribution is -2.32. The van der Waals surface area contributed by atoms with Gasteiger partial charge < -0.3 is 11.2 Å². The van der Waals surface area contributed by atoms with E-state index in [4.69, 9.17) is 5.73 Å². The van der Waals surface area contributed by atoms with Crippen molar-refractivity contribution >= 4 is 12.0 Å². The zero-order valence-corrected chi connectivity index (χ0v) is 7.10. The molecule has 0 bridgehead atoms. The van der Waals surface area contributed by atoms with Crippen molar-refractivity contribution < 1.29 is 4.79 Å². The van der Waals surface area contributed by atoms with Crippen LogP contribution in [0, 0.1) is 5.92 Å². The number of nitrogens with two attached hydrogens (primary N) is 1. The molecule has 0 saturated carbocycles. The van der Waals surface area contributed by atoms with Gasteiger partial charge in [-0.05, 0) is 0 Å². The van der Waals surface area contributed by atoms with Crippen molar-refractivity contribution in [2.45, 2.75) is 6.04 Å². The molecule has 0 fully saturated rings. The second kappa shape index (κ2) is 3.14. The van der Waals surface area contributed by atoms with Gasteiger partial charge in [-0.3, -0.25) is 4.79 Å². The summed E-state index contributed by atoms with van der Waals surface area (Å²) in [5.41, 5.74) is 8.98. The first-order chi connectivity index (χ1) is 6.33. The molecule has 0 aromatic carbocycles. The third kappa shape index (κ3) is 1.29. The molecule has 1 aliphatic carbocycles. The van der Waals surface area contributed by atoms with Crippen molar-refractivity contribution in [2.75, 3.05) is 6.54 Å². The maximum atomic E-state index is 11.4. The van der Waals surface area contributed by atoms with E-state index in [0.29, 0.717) is 0 Å². The number of hydrogen-bond donors (Lipinski definition) is 2. The highest BCUT2D eigenvalue weighted by atomic mass is 16.1. The summed E-state index contributed by atoms with van der Waals surface area (Å²) in [5, 5.41) is 3.93. The number of allylic oxidation sites excluding steroid dienone is 2. The average molecular weight is 177 g/mol. The van der Waals surface area contributed by atoms with Gasteiger partial charge in [0.2, 0.25) is 0 Å². The van der Waals surface area contributed by atoms with Gasteiger partial charge in [0, 0.05) is 11.8 Å². The highest BCUT2D eigenvalue weighted by Crippen LogP contribution is 2.22. The number of carbonyl (C=O) groups excluding carboxylic acids is 1. The lowest BCUT2D eigenvalue weighted by molar-refractivity contribution is -0.114. The molecule has 2 aliphatic rings. The lowest BCUT2D eigenvalue weighted by Gasteiger charge is -2.19. The van der Waals surface area contributed by atoms with Crippen LogP contribution in [0.4, 0.5) is 0 Å². The van der Waals surface area contributed by atoms with E-state index in [0.717, 1.165) is 5.57 Å². The van der Waals surface area contributed by atoms with Crippen molar-refractivity contribution in [3.63, 3.8) is 0 Å². The Bertz CT molecular complexity index is 317. The third-order valence-corrected chi connectivity index (χ3v) is 2.31. The number of fused-ring (bicyclic) bond motifs is 1. The molecule has 1 heterocycles. The number of Topliss-reactive ketones (excluding diaryl/α,β-unsaturated/α-hetero) is 1. The van der Waals surface area contributed by atoms with Gasteiger partial charge in [-0.15, -0.1) is 0 Å². The minimum atomic E-state index is -0.00509. The molecule has 0 aromatic rings. The summed E-state index contributed by atoms with van der Waals surface area (Å²) < 4.78 is 0. The molecule has 2 rings (SSSR count). The summed E-state index contributed by atoms with van der Waals surface area (Å²) in [6.45, 7) is 0.0662. The van der Waals surface area contributed by atoms with E-state index in [1.54, 1.807) is 6.21 Å². The van der Waals surface area contributed by atoms with Crippen LogP contribution >= 0.6 is 0 Å². The Kier molecular flexibility index (Phi) is 1.98. The standard InChI is InChI=1S/C9H11N3O/c10-4-9(13)6-2-1-3-8-7(6)5-11-12-8/h1-3,5,7-8,12H,4,10H2. The van der Waals surface area contributed by atoms with Crippen LogP contribution in [0.25, 0.3) is 0 Å². The first kappa shape index (κ1) is 8.19. The molecule has 0 spiro atoms. The van der Waals surface area contributed by atoms with Crippen LogP contribution in [0.1, 0.15) is 0 Å². The Labute approximate surface area is 76.2 Å². The number of hydrogen-bond acceptors (Lipinski definition) is 4. The molecular weight excluding hydrogens is 166 g/mol. The van der Waals surface area contributed by atoms with Crippen LogP contribution in [-0.4, -0.2) is 24.6 Å². The molecule has 1 aliphatic heterocycles. The van der Waals surface area contributed by atoms with Crippen molar-refractivity contribution in [3.8, 4) is 0 Å². The maximum absolute atomic E-state index is 11.4. The zero-order valence-electron chi connectivity index (χ0n) is 7.10. The number of ketones is 1. The van der Waals surface area contributed by atoms with Crippen molar-refractivity contribution in [1.82, 2.24) is 5.43 Å². The molecule has 2 atom stereocenters. The van der Waals surface area contributed by atoms with E-state index >= 15 is 0 Å². The van der Waals surface area contributed by atoms with Crippen LogP contribution in [0.3, 0.4) is 0 Å². The molecule has 3 N–H and O–H groups in total. The minimum absolute atomic E-state index is 0.00509. The Morgan fingerprint density at radius 1 is 1.69 bits per heavy atom. The zero-order chi connectivity index (χ0) is 9.26. The van der Waals surface area contributed by atoms with E-state index in [2.05, 4.69) is 10.5 Å². The van der Waals surface area contributed by atoms with E-state index in [1.165, 1.54) is 0 Å². The van der Waals surface area contributed by atoms with Gasteiger partial charge >= 0.3 is 0 Å². The van der Waals surface area contributed by atoms with E-state index in [9.17, 15) is 4.79 Å². The van der Waals surface area contributed by atoms with Gasteiger partial charge in [0.1, 0.15) is 0 Å². The Balaban J connectivity index is 2.26. The summed E-state index contributed by atoms with van der Waals surface area (Å²) in [5.74, 6) is 0.0653. The monoisotopic (exact) mass is 177 g/mol. The molecule has 0 radical (unpaired) electrons. The highest BCUT2D eigenvalue weighted by molar-refractivity contribution is 6.01. The van der Waals surface area contributed by atoms with Crippen LogP contribution in [-0.2, 0) is 4.79 Å². The summed E-state index contributed by atoms with van der Waals surface area (Å²) in [6, 6.07) is 0.135. The molecule has 0 amide bonds. The summed E-state index contributed by atoms with van der Waals surface area (Å²) in [6.07, 6.45) is 7.43. The van der Waals surface area contributed by atoms with Gasteiger partial charge in [-0.25, -0.2) is 0 Å². The normalized spacial score (nSPS) is 29.5. The molecular formula is C9H11N3O. The fourth-order valence-corrected chi connectivity index (χ4v) is 1.61. The van der Waals surface area contributed by atoms with E-state index < -0.39 is 0 Å². The Morgan fingerprint density at radius 3 is 3.31 bits per heavy atom. The Morgan fingerprint density at radius 2 is 2.54 bits per heavy atom. The van der Waals surface area contributed by atoms with Crippen LogP contribution in [0.2, 0.25) is 0 Å². The largest absolute Gasteiger partial charge is 0.324 e. The second-order valence-electron chi connectivity index (χ2n) is 3.09. The molecule has 13 heavy (non-hydrogen) atoms. The molecule has 4 heteroatoms. The average Bonchev–Trinajstić information content (AvgIpc) is 2.63. The maximum Gasteiger partial charge on any atom is 0.173 e. The SMILES string of the molecule is NCC(=O)C1=CC=CC2NN=CC12. The molecule has 68 valence electrons. The highest BCUT2D eigenvalue weighted by Gasteiger charge is 2.29. The van der Waals surface area contributed by atoms with E-state index in [-0.39, 0.29) is 24.3 Å². The topological polar surface area (TPSA) is 67.5 Å². The van der Waals surface area contributed by atoms with Gasteiger partial charge in [-0.1, -0.05) is 18.2 Å². The fourth-order valence-electron chi connectivity index (χ4n) is 1.61. The van der Waals surface area contributed by atoms with Crippen LogP contribution in [0.5, 0.6) is 0 Å². The second-order valence-corrected chi connectivity index (χ2v) is 3.09. The van der Waals surface area contributed by atoms with Gasteiger partial charge in [0.15, 0.2) is 5.78 Å². The number of rotatable bonds is 2. The first-order valence-electron chi connectivity index (χ1n) is 4.23. The van der Waals surface area contributed by atoms with Gasteiger partial charge in [0.25, 0.3) is 0 Å². The predicted molar refractivity (Wildman–Crippen MR) is 50.2 cm³/mol. The molecule has 0 aromatic heterocycles. The number of hydrazone groups is 1. The third-order valence-electron chi connectivity index (χ3n) is 2.31. The van der Waals surface area contributed by atoms with Gasteiger partial charge in [-0.2, -0.15) is 5.10 Å². The molecule has 4 nitrogen and oxygen atoms in total. The number of nitrogens with zero attached hydrogens (tertiary/aromatic N) is 1. The number of carbonyl (C=O) groups is 1. The van der Waals surface area contributed by atoms with Crippen molar-refractivity contribution in [1.29, 1.82) is 0 Å². The summed E-state index contributed by atoms with van der Waals surface area (Å²) in [4.78, 5) is 11.4. The summed E-state index contributed by atoms with van der Waals surface area (Å²) >= 11 is 0. The van der Waals surface area contributed by atoms with Crippen LogP contribution < -0.4 is 11.2 Å². The minimum Gasteiger partial charge on any atom is -0.324 e. The molecule has 2 unspecified atom stereocenters. The predicted octanol–water partition coefficient (Wildman–Crippen LogP) is -0.416. The Hall–Kier alpha value is -1.42. The summed E-state index contributed by atoms with van der Waals surface area (Å²) in [7, 11) is 0. The molecule has 0 saturated heterocycles. The number of nitrogens with one attached hydrogen (secondary N) is 1. The van der Waals surface area contributed by atoms with Crippen molar-refractivity contribution in [2.24, 2.45) is 16.8 Å². The quantitative estimate of drug-likeness (QED) is 0.602. The fraction of sp³-hybridized carbons (Fsp3) is 0.333. The van der Waals surface area contributed by atoms with Gasteiger partial charge in [0.05, 0.1) is 18.5 Å².